The maximum atomic E-state index is 14.0. The average Bonchev–Trinajstić information content (AvgIpc) is 2.45. The number of benzene rings is 1. The third kappa shape index (κ3) is 3.55. The minimum absolute atomic E-state index is 0.0274. The molecule has 0 amide bonds. The third-order valence-corrected chi connectivity index (χ3v) is 4.13. The van der Waals surface area contributed by atoms with Gasteiger partial charge in [-0.3, -0.25) is 4.90 Å². The highest BCUT2D eigenvalue weighted by Crippen LogP contribution is 2.27. The third-order valence-electron chi connectivity index (χ3n) is 4.13. The Hall–Kier alpha value is -1.00. The summed E-state index contributed by atoms with van der Waals surface area (Å²) >= 11 is 0. The zero-order valence-electron chi connectivity index (χ0n) is 12.3. The van der Waals surface area contributed by atoms with Gasteiger partial charge in [0.25, 0.3) is 0 Å². The number of nitrogens with one attached hydrogen (secondary N) is 1. The summed E-state index contributed by atoms with van der Waals surface area (Å²) in [6, 6.07) is 4.31. The SMILES string of the molecule is CCCN(C1CCCNC1)C(C)c1ccc(F)cc1F. The molecule has 112 valence electrons. The summed E-state index contributed by atoms with van der Waals surface area (Å²) in [5.74, 6) is -0.956. The maximum Gasteiger partial charge on any atom is 0.130 e. The second kappa shape index (κ2) is 7.14. The number of nitrogens with zero attached hydrogens (tertiary/aromatic N) is 1. The van der Waals surface area contributed by atoms with Crippen LogP contribution in [0.4, 0.5) is 8.78 Å². The zero-order valence-corrected chi connectivity index (χ0v) is 12.3. The molecule has 0 spiro atoms. The van der Waals surface area contributed by atoms with Crippen molar-refractivity contribution < 1.29 is 8.78 Å². The molecule has 1 aromatic rings. The van der Waals surface area contributed by atoms with Crippen LogP contribution < -0.4 is 5.32 Å². The minimum Gasteiger partial charge on any atom is -0.315 e. The molecule has 2 nitrogen and oxygen atoms in total. The van der Waals surface area contributed by atoms with Crippen molar-refractivity contribution in [2.24, 2.45) is 0 Å². The van der Waals surface area contributed by atoms with Crippen LogP contribution in [0, 0.1) is 11.6 Å². The van der Waals surface area contributed by atoms with Crippen molar-refractivity contribution in [2.75, 3.05) is 19.6 Å². The van der Waals surface area contributed by atoms with Crippen LogP contribution in [0.1, 0.15) is 44.7 Å². The molecule has 1 saturated heterocycles. The summed E-state index contributed by atoms with van der Waals surface area (Å²) in [6.07, 6.45) is 3.33. The van der Waals surface area contributed by atoms with Gasteiger partial charge in [0.2, 0.25) is 0 Å². The monoisotopic (exact) mass is 282 g/mol. The average molecular weight is 282 g/mol. The summed E-state index contributed by atoms with van der Waals surface area (Å²) in [5.41, 5.74) is 0.588. The minimum atomic E-state index is -0.514. The van der Waals surface area contributed by atoms with Crippen LogP contribution in [0.5, 0.6) is 0 Å². The smallest absolute Gasteiger partial charge is 0.130 e. The van der Waals surface area contributed by atoms with Crippen LogP contribution in [0.25, 0.3) is 0 Å². The van der Waals surface area contributed by atoms with Gasteiger partial charge in [-0.2, -0.15) is 0 Å². The Morgan fingerprint density at radius 2 is 2.20 bits per heavy atom. The van der Waals surface area contributed by atoms with E-state index in [1.54, 1.807) is 6.07 Å². The van der Waals surface area contributed by atoms with E-state index in [0.29, 0.717) is 11.6 Å². The predicted octanol–water partition coefficient (Wildman–Crippen LogP) is 3.49. The number of rotatable bonds is 5. The fourth-order valence-electron chi connectivity index (χ4n) is 3.09. The van der Waals surface area contributed by atoms with Gasteiger partial charge in [0.15, 0.2) is 0 Å². The molecule has 20 heavy (non-hydrogen) atoms. The van der Waals surface area contributed by atoms with Crippen LogP contribution in [0.15, 0.2) is 18.2 Å². The molecule has 0 aromatic heterocycles. The topological polar surface area (TPSA) is 15.3 Å². The molecule has 1 fully saturated rings. The van der Waals surface area contributed by atoms with Crippen LogP contribution in [0.2, 0.25) is 0 Å². The normalized spacial score (nSPS) is 21.1. The molecule has 1 heterocycles. The van der Waals surface area contributed by atoms with Crippen LogP contribution in [0.3, 0.4) is 0 Å². The van der Waals surface area contributed by atoms with E-state index in [9.17, 15) is 8.78 Å². The van der Waals surface area contributed by atoms with E-state index < -0.39 is 11.6 Å². The van der Waals surface area contributed by atoms with Crippen molar-refractivity contribution in [3.63, 3.8) is 0 Å². The molecule has 1 aliphatic heterocycles. The van der Waals surface area contributed by atoms with Crippen molar-refractivity contribution in [2.45, 2.75) is 45.2 Å². The number of piperidine rings is 1. The Morgan fingerprint density at radius 3 is 2.80 bits per heavy atom. The number of hydrogen-bond donors (Lipinski definition) is 1. The molecular formula is C16H24F2N2. The predicted molar refractivity (Wildman–Crippen MR) is 77.7 cm³/mol. The van der Waals surface area contributed by atoms with Gasteiger partial charge < -0.3 is 5.32 Å². The Morgan fingerprint density at radius 1 is 1.40 bits per heavy atom. The van der Waals surface area contributed by atoms with Crippen LogP contribution in [-0.2, 0) is 0 Å². The largest absolute Gasteiger partial charge is 0.315 e. The molecule has 0 saturated carbocycles. The Kier molecular flexibility index (Phi) is 5.49. The zero-order chi connectivity index (χ0) is 14.5. The first-order chi connectivity index (χ1) is 9.63. The fraction of sp³-hybridized carbons (Fsp3) is 0.625. The van der Waals surface area contributed by atoms with E-state index in [0.717, 1.165) is 45.0 Å². The lowest BCUT2D eigenvalue weighted by Gasteiger charge is -2.39. The van der Waals surface area contributed by atoms with Gasteiger partial charge in [0.05, 0.1) is 0 Å². The molecule has 2 unspecified atom stereocenters. The summed E-state index contributed by atoms with van der Waals surface area (Å²) in [5, 5.41) is 3.41. The lowest BCUT2D eigenvalue weighted by molar-refractivity contribution is 0.118. The van der Waals surface area contributed by atoms with E-state index in [4.69, 9.17) is 0 Å². The second-order valence-corrected chi connectivity index (χ2v) is 5.58. The van der Waals surface area contributed by atoms with Gasteiger partial charge in [0, 0.05) is 30.3 Å². The van der Waals surface area contributed by atoms with Crippen molar-refractivity contribution >= 4 is 0 Å². The molecular weight excluding hydrogens is 258 g/mol. The number of halogens is 2. The van der Waals surface area contributed by atoms with Gasteiger partial charge in [-0.05, 0) is 45.3 Å². The molecule has 1 aromatic carbocycles. The van der Waals surface area contributed by atoms with Gasteiger partial charge in [-0.25, -0.2) is 8.78 Å². The lowest BCUT2D eigenvalue weighted by atomic mass is 9.99. The van der Waals surface area contributed by atoms with E-state index in [2.05, 4.69) is 17.1 Å². The Bertz CT molecular complexity index is 430. The molecule has 0 radical (unpaired) electrons. The van der Waals surface area contributed by atoms with Gasteiger partial charge in [-0.15, -0.1) is 0 Å². The quantitative estimate of drug-likeness (QED) is 0.889. The highest BCUT2D eigenvalue weighted by atomic mass is 19.1. The molecule has 2 atom stereocenters. The first-order valence-electron chi connectivity index (χ1n) is 7.55. The van der Waals surface area contributed by atoms with Crippen LogP contribution >= 0.6 is 0 Å². The van der Waals surface area contributed by atoms with Crippen molar-refractivity contribution in [3.8, 4) is 0 Å². The van der Waals surface area contributed by atoms with Crippen LogP contribution in [-0.4, -0.2) is 30.6 Å². The van der Waals surface area contributed by atoms with E-state index in [-0.39, 0.29) is 6.04 Å². The van der Waals surface area contributed by atoms with E-state index >= 15 is 0 Å². The number of hydrogen-bond acceptors (Lipinski definition) is 2. The van der Waals surface area contributed by atoms with Crippen molar-refractivity contribution in [1.82, 2.24) is 10.2 Å². The maximum absolute atomic E-state index is 14.0. The molecule has 2 rings (SSSR count). The Labute approximate surface area is 120 Å². The standard InChI is InChI=1S/C16H24F2N2/c1-3-9-20(14-5-4-8-19-11-14)12(2)15-7-6-13(17)10-16(15)18/h6-7,10,12,14,19H,3-5,8-9,11H2,1-2H3. The highest BCUT2D eigenvalue weighted by molar-refractivity contribution is 5.22. The Balaban J connectivity index is 2.18. The highest BCUT2D eigenvalue weighted by Gasteiger charge is 2.26. The summed E-state index contributed by atoms with van der Waals surface area (Å²) < 4.78 is 27.0. The van der Waals surface area contributed by atoms with Gasteiger partial charge >= 0.3 is 0 Å². The van der Waals surface area contributed by atoms with Crippen molar-refractivity contribution in [1.29, 1.82) is 0 Å². The van der Waals surface area contributed by atoms with E-state index in [1.165, 1.54) is 6.07 Å². The molecule has 0 aliphatic carbocycles. The summed E-state index contributed by atoms with van der Waals surface area (Å²) in [4.78, 5) is 2.35. The molecule has 4 heteroatoms. The molecule has 0 bridgehead atoms. The van der Waals surface area contributed by atoms with E-state index in [1.807, 2.05) is 6.92 Å². The van der Waals surface area contributed by atoms with Gasteiger partial charge in [-0.1, -0.05) is 13.0 Å². The summed E-state index contributed by atoms with van der Waals surface area (Å²) in [7, 11) is 0. The second-order valence-electron chi connectivity index (χ2n) is 5.58. The first kappa shape index (κ1) is 15.4. The molecule has 1 N–H and O–H groups in total. The lowest BCUT2D eigenvalue weighted by Crippen LogP contribution is -2.47. The first-order valence-corrected chi connectivity index (χ1v) is 7.55. The summed E-state index contributed by atoms with van der Waals surface area (Å²) in [6.45, 7) is 7.10. The van der Waals surface area contributed by atoms with Gasteiger partial charge in [0.1, 0.15) is 11.6 Å². The molecule has 1 aliphatic rings. The fourth-order valence-corrected chi connectivity index (χ4v) is 3.09. The van der Waals surface area contributed by atoms with Crippen molar-refractivity contribution in [3.05, 3.63) is 35.4 Å².